The van der Waals surface area contributed by atoms with Crippen molar-refractivity contribution >= 4 is 6.03 Å². The quantitative estimate of drug-likeness (QED) is 0.875. The molecule has 0 aromatic carbocycles. The Kier molecular flexibility index (Phi) is 4.69. The monoisotopic (exact) mass is 356 g/mol. The molecule has 2 aromatic rings. The summed E-state index contributed by atoms with van der Waals surface area (Å²) in [5.41, 5.74) is 0.0144. The fraction of sp³-hybridized carbons (Fsp3) is 0.533. The summed E-state index contributed by atoms with van der Waals surface area (Å²) in [4.78, 5) is 15.5. The van der Waals surface area contributed by atoms with E-state index < -0.39 is 11.9 Å². The van der Waals surface area contributed by atoms with Gasteiger partial charge in [-0.3, -0.25) is 4.68 Å². The highest BCUT2D eigenvalue weighted by atomic mass is 19.4. The van der Waals surface area contributed by atoms with Crippen LogP contribution < -0.4 is 10.6 Å². The Morgan fingerprint density at radius 1 is 1.40 bits per heavy atom. The van der Waals surface area contributed by atoms with Crippen LogP contribution in [0, 0.1) is 5.92 Å². The maximum atomic E-state index is 12.7. The Morgan fingerprint density at radius 2 is 2.20 bits per heavy atom. The molecular formula is C15H19F3N6O. The lowest BCUT2D eigenvalue weighted by molar-refractivity contribution is -0.141. The smallest absolute Gasteiger partial charge is 0.338 e. The number of alkyl halides is 3. The van der Waals surface area contributed by atoms with Crippen LogP contribution in [0.25, 0.3) is 0 Å². The van der Waals surface area contributed by atoms with Gasteiger partial charge in [0.1, 0.15) is 5.82 Å². The number of aryl methyl sites for hydroxylation is 2. The van der Waals surface area contributed by atoms with E-state index in [9.17, 15) is 18.0 Å². The normalized spacial score (nSPS) is 17.2. The minimum absolute atomic E-state index is 0.0743. The van der Waals surface area contributed by atoms with Crippen LogP contribution in [-0.2, 0) is 32.7 Å². The molecule has 2 aromatic heterocycles. The topological polar surface area (TPSA) is 76.8 Å². The highest BCUT2D eigenvalue weighted by Gasteiger charge is 2.35. The maximum absolute atomic E-state index is 12.7. The summed E-state index contributed by atoms with van der Waals surface area (Å²) in [7, 11) is 1.79. The third-order valence-corrected chi connectivity index (χ3v) is 4.28. The molecule has 1 aliphatic rings. The van der Waals surface area contributed by atoms with Crippen LogP contribution >= 0.6 is 0 Å². The highest BCUT2D eigenvalue weighted by Crippen LogP contribution is 2.30. The van der Waals surface area contributed by atoms with Gasteiger partial charge >= 0.3 is 12.2 Å². The standard InChI is InChI=1S/C15H19F3N6O/c1-23-11(4-5-21-23)7-20-14(25)19-6-10-2-3-13-22-12(15(16,17)18)9-24(13)8-10/h4-5,9-10H,2-3,6-8H2,1H3,(H2,19,20,25)/t10-/m0/s1. The first kappa shape index (κ1) is 17.3. The molecule has 25 heavy (non-hydrogen) atoms. The number of nitrogens with zero attached hydrogens (tertiary/aromatic N) is 4. The molecule has 3 rings (SSSR count). The first-order valence-electron chi connectivity index (χ1n) is 7.94. The fourth-order valence-electron chi connectivity index (χ4n) is 2.86. The van der Waals surface area contributed by atoms with E-state index in [1.165, 1.54) is 4.57 Å². The third kappa shape index (κ3) is 4.12. The SMILES string of the molecule is Cn1nccc1CNC(=O)NC[C@@H]1CCc2nc(C(F)(F)F)cn2C1. The molecule has 0 aliphatic carbocycles. The van der Waals surface area contributed by atoms with Crippen LogP contribution in [0.4, 0.5) is 18.0 Å². The molecule has 1 aliphatic heterocycles. The second-order valence-electron chi connectivity index (χ2n) is 6.11. The van der Waals surface area contributed by atoms with Gasteiger partial charge in [0.25, 0.3) is 0 Å². The first-order chi connectivity index (χ1) is 11.8. The summed E-state index contributed by atoms with van der Waals surface area (Å²) >= 11 is 0. The number of fused-ring (bicyclic) bond motifs is 1. The predicted molar refractivity (Wildman–Crippen MR) is 82.5 cm³/mol. The zero-order chi connectivity index (χ0) is 18.0. The van der Waals surface area contributed by atoms with Crippen LogP contribution in [0.5, 0.6) is 0 Å². The summed E-state index contributed by atoms with van der Waals surface area (Å²) < 4.78 is 41.3. The Balaban J connectivity index is 1.47. The van der Waals surface area contributed by atoms with Crippen LogP contribution in [0.2, 0.25) is 0 Å². The molecule has 0 saturated carbocycles. The number of imidazole rings is 1. The molecule has 3 heterocycles. The number of rotatable bonds is 4. The molecule has 2 amide bonds. The third-order valence-electron chi connectivity index (χ3n) is 4.28. The highest BCUT2D eigenvalue weighted by molar-refractivity contribution is 5.73. The zero-order valence-electron chi connectivity index (χ0n) is 13.7. The van der Waals surface area contributed by atoms with E-state index in [0.717, 1.165) is 11.9 Å². The van der Waals surface area contributed by atoms with E-state index >= 15 is 0 Å². The van der Waals surface area contributed by atoms with E-state index in [-0.39, 0.29) is 11.9 Å². The molecule has 2 N–H and O–H groups in total. The van der Waals surface area contributed by atoms with Crippen molar-refractivity contribution in [1.29, 1.82) is 0 Å². The number of hydrogen-bond donors (Lipinski definition) is 2. The predicted octanol–water partition coefficient (Wildman–Crippen LogP) is 1.70. The number of carbonyl (C=O) groups excluding carboxylic acids is 1. The fourth-order valence-corrected chi connectivity index (χ4v) is 2.86. The van der Waals surface area contributed by atoms with Gasteiger partial charge in [0.15, 0.2) is 5.69 Å². The van der Waals surface area contributed by atoms with Gasteiger partial charge in [-0.25, -0.2) is 9.78 Å². The molecule has 0 fully saturated rings. The van der Waals surface area contributed by atoms with Gasteiger partial charge in [0.2, 0.25) is 0 Å². The molecule has 0 unspecified atom stereocenters. The molecule has 136 valence electrons. The van der Waals surface area contributed by atoms with E-state index in [1.807, 2.05) is 0 Å². The number of halogens is 3. The van der Waals surface area contributed by atoms with Crippen molar-refractivity contribution in [2.75, 3.05) is 6.54 Å². The van der Waals surface area contributed by atoms with Crippen molar-refractivity contribution in [3.05, 3.63) is 35.7 Å². The number of aromatic nitrogens is 4. The van der Waals surface area contributed by atoms with Crippen molar-refractivity contribution in [3.63, 3.8) is 0 Å². The molecular weight excluding hydrogens is 337 g/mol. The van der Waals surface area contributed by atoms with Crippen molar-refractivity contribution in [1.82, 2.24) is 30.0 Å². The maximum Gasteiger partial charge on any atom is 0.434 e. The second kappa shape index (κ2) is 6.77. The average molecular weight is 356 g/mol. The van der Waals surface area contributed by atoms with E-state index in [1.54, 1.807) is 24.0 Å². The van der Waals surface area contributed by atoms with Gasteiger partial charge in [-0.05, 0) is 18.4 Å². The van der Waals surface area contributed by atoms with Crippen molar-refractivity contribution in [2.24, 2.45) is 13.0 Å². The van der Waals surface area contributed by atoms with E-state index in [4.69, 9.17) is 0 Å². The van der Waals surface area contributed by atoms with Crippen molar-refractivity contribution in [3.8, 4) is 0 Å². The summed E-state index contributed by atoms with van der Waals surface area (Å²) in [5.74, 6) is 0.523. The van der Waals surface area contributed by atoms with E-state index in [2.05, 4.69) is 20.7 Å². The Hall–Kier alpha value is -2.52. The van der Waals surface area contributed by atoms with Gasteiger partial charge < -0.3 is 15.2 Å². The van der Waals surface area contributed by atoms with Gasteiger partial charge in [-0.1, -0.05) is 0 Å². The van der Waals surface area contributed by atoms with Crippen LogP contribution in [0.3, 0.4) is 0 Å². The molecule has 0 radical (unpaired) electrons. The molecule has 0 spiro atoms. The minimum Gasteiger partial charge on any atom is -0.338 e. The summed E-state index contributed by atoms with van der Waals surface area (Å²) in [6.45, 7) is 1.17. The van der Waals surface area contributed by atoms with Crippen molar-refractivity contribution in [2.45, 2.75) is 32.1 Å². The summed E-state index contributed by atoms with van der Waals surface area (Å²) in [5, 5.41) is 9.51. The lowest BCUT2D eigenvalue weighted by atomic mass is 9.99. The van der Waals surface area contributed by atoms with Gasteiger partial charge in [-0.2, -0.15) is 18.3 Å². The molecule has 1 atom stereocenters. The van der Waals surface area contributed by atoms with Crippen LogP contribution in [0.1, 0.15) is 23.6 Å². The number of carbonyl (C=O) groups is 1. The van der Waals surface area contributed by atoms with Gasteiger partial charge in [-0.15, -0.1) is 0 Å². The molecule has 7 nitrogen and oxygen atoms in total. The molecule has 0 saturated heterocycles. The molecule has 0 bridgehead atoms. The first-order valence-corrected chi connectivity index (χ1v) is 7.94. The minimum atomic E-state index is -4.43. The zero-order valence-corrected chi connectivity index (χ0v) is 13.7. The Morgan fingerprint density at radius 3 is 2.88 bits per heavy atom. The average Bonchev–Trinajstić information content (AvgIpc) is 3.16. The number of hydrogen-bond acceptors (Lipinski definition) is 3. The summed E-state index contributed by atoms with van der Waals surface area (Å²) in [6.07, 6.45) is -0.571. The number of amides is 2. The Bertz CT molecular complexity index is 751. The largest absolute Gasteiger partial charge is 0.434 e. The lowest BCUT2D eigenvalue weighted by Gasteiger charge is -2.23. The van der Waals surface area contributed by atoms with Crippen LogP contribution in [0.15, 0.2) is 18.5 Å². The summed E-state index contributed by atoms with van der Waals surface area (Å²) in [6, 6.07) is 1.49. The van der Waals surface area contributed by atoms with Gasteiger partial charge in [0.05, 0.1) is 12.2 Å². The van der Waals surface area contributed by atoms with Crippen molar-refractivity contribution < 1.29 is 18.0 Å². The second-order valence-corrected chi connectivity index (χ2v) is 6.11. The number of urea groups is 1. The number of nitrogens with one attached hydrogen (secondary N) is 2. The van der Waals surface area contributed by atoms with Gasteiger partial charge in [0, 0.05) is 39.0 Å². The molecule has 10 heteroatoms. The Labute approximate surface area is 142 Å². The van der Waals surface area contributed by atoms with E-state index in [0.29, 0.717) is 38.3 Å². The van der Waals surface area contributed by atoms with Crippen LogP contribution in [-0.4, -0.2) is 31.9 Å². The lowest BCUT2D eigenvalue weighted by Crippen LogP contribution is -2.39.